The second kappa shape index (κ2) is 6.15. The van der Waals surface area contributed by atoms with Gasteiger partial charge in [0.2, 0.25) is 0 Å². The Morgan fingerprint density at radius 1 is 1.37 bits per heavy atom. The number of methoxy groups -OCH3 is 1. The van der Waals surface area contributed by atoms with Gasteiger partial charge in [-0.3, -0.25) is 0 Å². The average Bonchev–Trinajstić information content (AvgIpc) is 2.38. The van der Waals surface area contributed by atoms with Crippen LogP contribution in [-0.2, 0) is 11.3 Å². The highest BCUT2D eigenvalue weighted by atomic mass is 127. The third kappa shape index (κ3) is 3.24. The number of benzene rings is 1. The van der Waals surface area contributed by atoms with E-state index in [0.29, 0.717) is 18.2 Å². The molecule has 6 heteroatoms. The molecule has 0 radical (unpaired) electrons. The zero-order valence-corrected chi connectivity index (χ0v) is 14.3. The largest absolute Gasteiger partial charge is 0.383 e. The Labute approximate surface area is 134 Å². The van der Waals surface area contributed by atoms with Gasteiger partial charge in [-0.25, -0.2) is 9.97 Å². The van der Waals surface area contributed by atoms with Gasteiger partial charge < -0.3 is 10.5 Å². The summed E-state index contributed by atoms with van der Waals surface area (Å²) >= 11 is 5.65. The van der Waals surface area contributed by atoms with Gasteiger partial charge in [0.05, 0.1) is 15.9 Å². The number of nitrogen functional groups attached to an aromatic ring is 1. The molecule has 0 fully saturated rings. The normalized spacial score (nSPS) is 10.7. The van der Waals surface area contributed by atoms with E-state index < -0.39 is 0 Å². The van der Waals surface area contributed by atoms with Gasteiger partial charge in [0.15, 0.2) is 5.82 Å². The smallest absolute Gasteiger partial charge is 0.161 e. The second-order valence-electron chi connectivity index (χ2n) is 4.09. The first-order valence-electron chi connectivity index (χ1n) is 5.60. The maximum absolute atomic E-state index is 5.93. The topological polar surface area (TPSA) is 61.0 Å². The molecule has 2 aromatic rings. The number of halogens is 2. The Morgan fingerprint density at radius 3 is 2.74 bits per heavy atom. The molecule has 4 nitrogen and oxygen atoms in total. The first-order valence-corrected chi connectivity index (χ1v) is 7.47. The Hall–Kier alpha value is -0.730. The summed E-state index contributed by atoms with van der Waals surface area (Å²) in [5.41, 5.74) is 8.83. The van der Waals surface area contributed by atoms with Crippen LogP contribution in [0, 0.1) is 10.5 Å². The molecule has 1 aromatic carbocycles. The lowest BCUT2D eigenvalue weighted by Gasteiger charge is -2.09. The Morgan fingerprint density at radius 2 is 2.11 bits per heavy atom. The molecule has 0 atom stereocenters. The van der Waals surface area contributed by atoms with Crippen LogP contribution in [0.1, 0.15) is 11.3 Å². The van der Waals surface area contributed by atoms with Crippen molar-refractivity contribution in [3.63, 3.8) is 0 Å². The van der Waals surface area contributed by atoms with E-state index in [2.05, 4.69) is 48.5 Å². The Bertz CT molecular complexity index is 619. The fourth-order valence-electron chi connectivity index (χ4n) is 1.61. The second-order valence-corrected chi connectivity index (χ2v) is 6.02. The van der Waals surface area contributed by atoms with Crippen molar-refractivity contribution >= 4 is 44.3 Å². The minimum atomic E-state index is 0.422. The number of hydrogen-bond acceptors (Lipinski definition) is 4. The molecule has 1 heterocycles. The van der Waals surface area contributed by atoms with Gasteiger partial charge >= 0.3 is 0 Å². The molecule has 0 aliphatic heterocycles. The lowest BCUT2D eigenvalue weighted by molar-refractivity contribution is 0.181. The highest BCUT2D eigenvalue weighted by Crippen LogP contribution is 2.26. The number of nitrogens with two attached hydrogens (primary N) is 1. The summed E-state index contributed by atoms with van der Waals surface area (Å²) in [7, 11) is 1.64. The molecule has 2 N–H and O–H groups in total. The van der Waals surface area contributed by atoms with E-state index in [1.54, 1.807) is 7.11 Å². The SMILES string of the molecule is COCc1nc(-c2ccc(C)c(Br)c2)nc(N)c1I. The van der Waals surface area contributed by atoms with Gasteiger partial charge in [-0.05, 0) is 41.1 Å². The molecule has 1 aromatic heterocycles. The average molecular weight is 434 g/mol. The molecule has 100 valence electrons. The molecule has 0 aliphatic rings. The van der Waals surface area contributed by atoms with Gasteiger partial charge in [-0.15, -0.1) is 0 Å². The molecule has 0 saturated heterocycles. The predicted molar refractivity (Wildman–Crippen MR) is 87.7 cm³/mol. The van der Waals surface area contributed by atoms with Gasteiger partial charge in [-0.2, -0.15) is 0 Å². The molecule has 0 saturated carbocycles. The third-order valence-electron chi connectivity index (χ3n) is 2.66. The zero-order chi connectivity index (χ0) is 14.0. The maximum Gasteiger partial charge on any atom is 0.161 e. The monoisotopic (exact) mass is 433 g/mol. The molecule has 0 bridgehead atoms. The summed E-state index contributed by atoms with van der Waals surface area (Å²) in [6.45, 7) is 2.46. The van der Waals surface area contributed by atoms with Crippen LogP contribution in [0.2, 0.25) is 0 Å². The van der Waals surface area contributed by atoms with Crippen LogP contribution in [-0.4, -0.2) is 17.1 Å². The minimum absolute atomic E-state index is 0.422. The van der Waals surface area contributed by atoms with Crippen LogP contribution in [0.25, 0.3) is 11.4 Å². The zero-order valence-electron chi connectivity index (χ0n) is 10.6. The van der Waals surface area contributed by atoms with Gasteiger partial charge in [0.1, 0.15) is 5.82 Å². The van der Waals surface area contributed by atoms with Crippen molar-refractivity contribution < 1.29 is 4.74 Å². The number of ether oxygens (including phenoxy) is 1. The van der Waals surface area contributed by atoms with Crippen molar-refractivity contribution in [3.8, 4) is 11.4 Å². The molecule has 0 amide bonds. The van der Waals surface area contributed by atoms with Crippen molar-refractivity contribution in [2.75, 3.05) is 12.8 Å². The lowest BCUT2D eigenvalue weighted by Crippen LogP contribution is -2.06. The maximum atomic E-state index is 5.93. The highest BCUT2D eigenvalue weighted by Gasteiger charge is 2.12. The first kappa shape index (κ1) is 14.7. The van der Waals surface area contributed by atoms with Crippen LogP contribution in [0.15, 0.2) is 22.7 Å². The minimum Gasteiger partial charge on any atom is -0.383 e. The molecule has 19 heavy (non-hydrogen) atoms. The van der Waals surface area contributed by atoms with E-state index in [-0.39, 0.29) is 0 Å². The summed E-state index contributed by atoms with van der Waals surface area (Å²) in [5, 5.41) is 0. The number of hydrogen-bond donors (Lipinski definition) is 1. The number of aromatic nitrogens is 2. The lowest BCUT2D eigenvalue weighted by atomic mass is 10.1. The molecule has 2 rings (SSSR count). The van der Waals surface area contributed by atoms with E-state index in [1.165, 1.54) is 5.56 Å². The molecular weight excluding hydrogens is 421 g/mol. The summed E-state index contributed by atoms with van der Waals surface area (Å²) in [6.07, 6.45) is 0. The molecule has 0 unspecified atom stereocenters. The predicted octanol–water partition coefficient (Wildman–Crippen LogP) is 3.55. The van der Waals surface area contributed by atoms with E-state index >= 15 is 0 Å². The number of nitrogens with zero attached hydrogens (tertiary/aromatic N) is 2. The summed E-state index contributed by atoms with van der Waals surface area (Å²) in [6, 6.07) is 6.00. The van der Waals surface area contributed by atoms with Gasteiger partial charge in [0.25, 0.3) is 0 Å². The number of aryl methyl sites for hydroxylation is 1. The molecule has 0 spiro atoms. The van der Waals surface area contributed by atoms with Gasteiger partial charge in [-0.1, -0.05) is 28.1 Å². The standard InChI is InChI=1S/C13H13BrIN3O/c1-7-3-4-8(5-9(7)14)13-17-10(6-19-2)11(15)12(16)18-13/h3-5H,6H2,1-2H3,(H2,16,17,18). The van der Waals surface area contributed by atoms with Crippen molar-refractivity contribution in [3.05, 3.63) is 37.5 Å². The highest BCUT2D eigenvalue weighted by molar-refractivity contribution is 14.1. The summed E-state index contributed by atoms with van der Waals surface area (Å²) < 4.78 is 7.01. The fourth-order valence-corrected chi connectivity index (χ4v) is 2.38. The van der Waals surface area contributed by atoms with Crippen LogP contribution in [0.3, 0.4) is 0 Å². The Balaban J connectivity index is 2.52. The molecular formula is C13H13BrIN3O. The van der Waals surface area contributed by atoms with Crippen molar-refractivity contribution in [2.45, 2.75) is 13.5 Å². The van der Waals surface area contributed by atoms with Crippen molar-refractivity contribution in [2.24, 2.45) is 0 Å². The van der Waals surface area contributed by atoms with Gasteiger partial charge in [0, 0.05) is 17.1 Å². The van der Waals surface area contributed by atoms with Crippen LogP contribution >= 0.6 is 38.5 Å². The Kier molecular flexibility index (Phi) is 4.75. The van der Waals surface area contributed by atoms with E-state index in [4.69, 9.17) is 10.5 Å². The van der Waals surface area contributed by atoms with Crippen LogP contribution < -0.4 is 5.73 Å². The van der Waals surface area contributed by atoms with E-state index in [0.717, 1.165) is 19.3 Å². The molecule has 0 aliphatic carbocycles. The summed E-state index contributed by atoms with van der Waals surface area (Å²) in [5.74, 6) is 1.10. The van der Waals surface area contributed by atoms with Crippen LogP contribution in [0.5, 0.6) is 0 Å². The fraction of sp³-hybridized carbons (Fsp3) is 0.231. The number of anilines is 1. The van der Waals surface area contributed by atoms with Crippen molar-refractivity contribution in [1.29, 1.82) is 0 Å². The quantitative estimate of drug-likeness (QED) is 0.752. The number of rotatable bonds is 3. The van der Waals surface area contributed by atoms with E-state index in [1.807, 2.05) is 25.1 Å². The van der Waals surface area contributed by atoms with E-state index in [9.17, 15) is 0 Å². The van der Waals surface area contributed by atoms with Crippen molar-refractivity contribution in [1.82, 2.24) is 9.97 Å². The van der Waals surface area contributed by atoms with Crippen LogP contribution in [0.4, 0.5) is 5.82 Å². The third-order valence-corrected chi connectivity index (χ3v) is 4.69. The summed E-state index contributed by atoms with van der Waals surface area (Å²) in [4.78, 5) is 8.86. The first-order chi connectivity index (χ1) is 9.02.